The number of rotatable bonds is 2. The van der Waals surface area contributed by atoms with Gasteiger partial charge in [0.15, 0.2) is 0 Å². The molecule has 5 nitrogen and oxygen atoms in total. The van der Waals surface area contributed by atoms with E-state index in [4.69, 9.17) is 5.11 Å². The van der Waals surface area contributed by atoms with E-state index in [9.17, 15) is 18.4 Å². The van der Waals surface area contributed by atoms with Crippen LogP contribution in [-0.4, -0.2) is 34.6 Å². The molecule has 2 N–H and O–H groups in total. The monoisotopic (exact) mass is 298 g/mol. The third-order valence-electron chi connectivity index (χ3n) is 3.57. The van der Waals surface area contributed by atoms with Crippen LogP contribution < -0.4 is 5.32 Å². The van der Waals surface area contributed by atoms with Crippen molar-refractivity contribution in [2.24, 2.45) is 5.92 Å². The summed E-state index contributed by atoms with van der Waals surface area (Å²) in [5, 5.41) is 11.1. The number of hydrogen-bond acceptors (Lipinski definition) is 2. The van der Waals surface area contributed by atoms with Gasteiger partial charge in [0, 0.05) is 18.7 Å². The first kappa shape index (κ1) is 15.2. The van der Waals surface area contributed by atoms with Gasteiger partial charge in [-0.05, 0) is 25.3 Å². The van der Waals surface area contributed by atoms with Crippen LogP contribution in [0.5, 0.6) is 0 Å². The molecule has 21 heavy (non-hydrogen) atoms. The van der Waals surface area contributed by atoms with Crippen molar-refractivity contribution >= 4 is 17.7 Å². The van der Waals surface area contributed by atoms with Crippen molar-refractivity contribution in [3.63, 3.8) is 0 Å². The van der Waals surface area contributed by atoms with Gasteiger partial charge in [-0.15, -0.1) is 0 Å². The summed E-state index contributed by atoms with van der Waals surface area (Å²) < 4.78 is 26.9. The Bertz CT molecular complexity index is 592. The number of nitrogens with one attached hydrogen (secondary N) is 1. The van der Waals surface area contributed by atoms with Crippen molar-refractivity contribution in [2.45, 2.75) is 26.3 Å². The summed E-state index contributed by atoms with van der Waals surface area (Å²) in [7, 11) is 0. The number of carboxylic acids is 1. The summed E-state index contributed by atoms with van der Waals surface area (Å²) in [6, 6.07) is 0.737. The number of benzene rings is 1. The number of amides is 2. The number of aromatic carboxylic acids is 1. The fraction of sp³-hybridized carbons (Fsp3) is 0.429. The predicted octanol–water partition coefficient (Wildman–Crippen LogP) is 2.93. The number of carboxylic acid groups (broad SMARTS) is 1. The summed E-state index contributed by atoms with van der Waals surface area (Å²) in [4.78, 5) is 24.5. The molecule has 114 valence electrons. The summed E-state index contributed by atoms with van der Waals surface area (Å²) in [6.07, 6.45) is 0.847. The van der Waals surface area contributed by atoms with Crippen LogP contribution in [-0.2, 0) is 0 Å². The van der Waals surface area contributed by atoms with Crippen molar-refractivity contribution in [3.8, 4) is 0 Å². The molecular weight excluding hydrogens is 282 g/mol. The van der Waals surface area contributed by atoms with Crippen LogP contribution in [0.4, 0.5) is 19.3 Å². The second-order valence-electron chi connectivity index (χ2n) is 5.39. The van der Waals surface area contributed by atoms with Gasteiger partial charge in [-0.25, -0.2) is 18.4 Å². The molecule has 0 bridgehead atoms. The quantitative estimate of drug-likeness (QED) is 0.882. The zero-order valence-corrected chi connectivity index (χ0v) is 11.7. The van der Waals surface area contributed by atoms with E-state index in [0.29, 0.717) is 18.5 Å². The smallest absolute Gasteiger partial charge is 0.338 e. The third-order valence-corrected chi connectivity index (χ3v) is 3.57. The lowest BCUT2D eigenvalue weighted by molar-refractivity contribution is 0.0691. The van der Waals surface area contributed by atoms with Crippen molar-refractivity contribution < 1.29 is 23.5 Å². The van der Waals surface area contributed by atoms with Gasteiger partial charge >= 0.3 is 12.0 Å². The van der Waals surface area contributed by atoms with E-state index in [0.717, 1.165) is 12.5 Å². The second-order valence-corrected chi connectivity index (χ2v) is 5.39. The highest BCUT2D eigenvalue weighted by atomic mass is 19.1. The van der Waals surface area contributed by atoms with Crippen molar-refractivity contribution in [1.82, 2.24) is 4.90 Å². The fourth-order valence-corrected chi connectivity index (χ4v) is 2.58. The lowest BCUT2D eigenvalue weighted by Gasteiger charge is -2.22. The maximum Gasteiger partial charge on any atom is 0.338 e. The normalized spacial score (nSPS) is 21.4. The lowest BCUT2D eigenvalue weighted by atomic mass is 10.1. The Kier molecular flexibility index (Phi) is 4.11. The maximum absolute atomic E-state index is 13.6. The molecule has 1 aliphatic rings. The van der Waals surface area contributed by atoms with Gasteiger partial charge in [0.05, 0.1) is 11.3 Å². The van der Waals surface area contributed by atoms with Gasteiger partial charge < -0.3 is 15.3 Å². The van der Waals surface area contributed by atoms with E-state index >= 15 is 0 Å². The number of hydrogen-bond donors (Lipinski definition) is 2. The molecule has 2 rings (SSSR count). The molecule has 1 aromatic rings. The van der Waals surface area contributed by atoms with Crippen molar-refractivity contribution in [1.29, 1.82) is 0 Å². The van der Waals surface area contributed by atoms with Crippen molar-refractivity contribution in [2.75, 3.05) is 11.9 Å². The summed E-state index contributed by atoms with van der Waals surface area (Å²) in [5.74, 6) is -3.36. The fourth-order valence-electron chi connectivity index (χ4n) is 2.58. The second kappa shape index (κ2) is 5.67. The Hall–Kier alpha value is -2.18. The van der Waals surface area contributed by atoms with Gasteiger partial charge in [-0.1, -0.05) is 6.92 Å². The molecule has 1 aliphatic heterocycles. The largest absolute Gasteiger partial charge is 0.478 e. The highest BCUT2D eigenvalue weighted by molar-refractivity contribution is 5.93. The summed E-state index contributed by atoms with van der Waals surface area (Å²) in [5.41, 5.74) is -1.03. The van der Waals surface area contributed by atoms with Crippen molar-refractivity contribution in [3.05, 3.63) is 29.3 Å². The van der Waals surface area contributed by atoms with Crippen LogP contribution >= 0.6 is 0 Å². The average Bonchev–Trinajstić information content (AvgIpc) is 2.71. The molecule has 0 aromatic heterocycles. The summed E-state index contributed by atoms with van der Waals surface area (Å²) in [6.45, 7) is 4.43. The molecule has 2 amide bonds. The van der Waals surface area contributed by atoms with Crippen LogP contribution in [0.15, 0.2) is 12.1 Å². The average molecular weight is 298 g/mol. The molecular formula is C14H16F2N2O3. The minimum Gasteiger partial charge on any atom is -0.478 e. The highest BCUT2D eigenvalue weighted by Gasteiger charge is 2.30. The molecule has 0 aliphatic carbocycles. The Morgan fingerprint density at radius 2 is 1.95 bits per heavy atom. The van der Waals surface area contributed by atoms with E-state index < -0.39 is 29.2 Å². The maximum atomic E-state index is 13.6. The van der Waals surface area contributed by atoms with Crippen LogP contribution in [0.2, 0.25) is 0 Å². The van der Waals surface area contributed by atoms with E-state index in [1.807, 2.05) is 13.8 Å². The molecule has 1 heterocycles. The number of halogens is 2. The zero-order chi connectivity index (χ0) is 15.7. The van der Waals surface area contributed by atoms with E-state index in [1.165, 1.54) is 0 Å². The topological polar surface area (TPSA) is 69.6 Å². The van der Waals surface area contributed by atoms with Gasteiger partial charge in [-0.3, -0.25) is 0 Å². The molecule has 0 saturated carbocycles. The Morgan fingerprint density at radius 1 is 1.29 bits per heavy atom. The Balaban J connectivity index is 2.21. The van der Waals surface area contributed by atoms with Crippen LogP contribution in [0, 0.1) is 17.6 Å². The van der Waals surface area contributed by atoms with E-state index in [2.05, 4.69) is 5.32 Å². The predicted molar refractivity (Wildman–Crippen MR) is 72.3 cm³/mol. The molecule has 0 spiro atoms. The molecule has 1 fully saturated rings. The highest BCUT2D eigenvalue weighted by Crippen LogP contribution is 2.25. The number of carbonyl (C=O) groups excluding carboxylic acids is 1. The third kappa shape index (κ3) is 3.12. The first-order valence-electron chi connectivity index (χ1n) is 6.59. The van der Waals surface area contributed by atoms with Crippen LogP contribution in [0.3, 0.4) is 0 Å². The minimum atomic E-state index is -1.52. The van der Waals surface area contributed by atoms with Crippen LogP contribution in [0.1, 0.15) is 30.6 Å². The number of likely N-dealkylation sites (tertiary alicyclic amines) is 1. The number of anilines is 1. The van der Waals surface area contributed by atoms with Gasteiger partial charge in [0.2, 0.25) is 0 Å². The molecule has 2 atom stereocenters. The SMILES string of the molecule is CC1CC(C)N(C(=O)Nc2cc(C(=O)O)c(F)cc2F)C1. The number of nitrogens with zero attached hydrogens (tertiary/aromatic N) is 1. The Labute approximate surface area is 120 Å². The van der Waals surface area contributed by atoms with Gasteiger partial charge in [0.1, 0.15) is 11.6 Å². The molecule has 7 heteroatoms. The number of urea groups is 1. The molecule has 1 aromatic carbocycles. The first-order chi connectivity index (χ1) is 9.79. The zero-order valence-electron chi connectivity index (χ0n) is 11.7. The molecule has 2 unspecified atom stereocenters. The van der Waals surface area contributed by atoms with Gasteiger partial charge in [-0.2, -0.15) is 0 Å². The lowest BCUT2D eigenvalue weighted by Crippen LogP contribution is -2.37. The van der Waals surface area contributed by atoms with Crippen LogP contribution in [0.25, 0.3) is 0 Å². The Morgan fingerprint density at radius 3 is 2.48 bits per heavy atom. The summed E-state index contributed by atoms with van der Waals surface area (Å²) >= 11 is 0. The number of carbonyl (C=O) groups is 2. The van der Waals surface area contributed by atoms with Gasteiger partial charge in [0.25, 0.3) is 0 Å². The first-order valence-corrected chi connectivity index (χ1v) is 6.59. The minimum absolute atomic E-state index is 0.0162. The van der Waals surface area contributed by atoms with E-state index in [-0.39, 0.29) is 11.7 Å². The molecule has 0 radical (unpaired) electrons. The molecule has 1 saturated heterocycles. The van der Waals surface area contributed by atoms with E-state index in [1.54, 1.807) is 4.90 Å². The standard InChI is InChI=1S/C14H16F2N2O3/c1-7-3-8(2)18(6-7)14(21)17-12-4-9(13(19)20)10(15)5-11(12)16/h4-5,7-8H,3,6H2,1-2H3,(H,17,21)(H,19,20).